The van der Waals surface area contributed by atoms with Gasteiger partial charge in [0.25, 0.3) is 0 Å². The molecule has 1 fully saturated rings. The number of carbonyl (C=O) groups is 2. The largest absolute Gasteiger partial charge is 0.465 e. The summed E-state index contributed by atoms with van der Waals surface area (Å²) in [4.78, 5) is 24.1. The molecule has 0 heterocycles. The Balaban J connectivity index is 1.90. The molecular formula is C20H20ClFN2O3. The maximum atomic E-state index is 14.7. The second-order valence-corrected chi connectivity index (χ2v) is 7.15. The highest BCUT2D eigenvalue weighted by Gasteiger charge is 2.46. The Hall–Kier alpha value is -2.44. The van der Waals surface area contributed by atoms with Crippen molar-refractivity contribution in [2.24, 2.45) is 5.73 Å². The summed E-state index contributed by atoms with van der Waals surface area (Å²) in [7, 11) is 1.26. The Morgan fingerprint density at radius 1 is 1.30 bits per heavy atom. The summed E-state index contributed by atoms with van der Waals surface area (Å²) in [6.45, 7) is 1.70. The minimum atomic E-state index is -0.819. The van der Waals surface area contributed by atoms with Crippen LogP contribution in [0.25, 0.3) is 11.1 Å². The van der Waals surface area contributed by atoms with Crippen molar-refractivity contribution < 1.29 is 18.7 Å². The van der Waals surface area contributed by atoms with Gasteiger partial charge in [0.05, 0.1) is 29.3 Å². The molecule has 0 bridgehead atoms. The molecule has 27 heavy (non-hydrogen) atoms. The van der Waals surface area contributed by atoms with Crippen LogP contribution in [0.3, 0.4) is 0 Å². The number of methoxy groups -OCH3 is 1. The maximum Gasteiger partial charge on any atom is 0.340 e. The first-order chi connectivity index (χ1) is 12.8. The normalized spacial score (nSPS) is 15.7. The number of amides is 1. The fourth-order valence-electron chi connectivity index (χ4n) is 2.90. The number of ether oxygens (including phenoxy) is 1. The summed E-state index contributed by atoms with van der Waals surface area (Å²) >= 11 is 6.13. The zero-order chi connectivity index (χ0) is 19.8. The molecule has 5 nitrogen and oxygen atoms in total. The summed E-state index contributed by atoms with van der Waals surface area (Å²) in [5, 5.41) is 2.97. The van der Waals surface area contributed by atoms with E-state index in [2.05, 4.69) is 5.32 Å². The van der Waals surface area contributed by atoms with Gasteiger partial charge in [0.1, 0.15) is 5.82 Å². The number of esters is 1. The van der Waals surface area contributed by atoms with Crippen LogP contribution in [0.1, 0.15) is 41.7 Å². The zero-order valence-electron chi connectivity index (χ0n) is 15.0. The van der Waals surface area contributed by atoms with Crippen molar-refractivity contribution in [1.82, 2.24) is 5.32 Å². The Morgan fingerprint density at radius 2 is 2.00 bits per heavy atom. The predicted molar refractivity (Wildman–Crippen MR) is 101 cm³/mol. The van der Waals surface area contributed by atoms with Crippen molar-refractivity contribution in [3.8, 4) is 11.1 Å². The van der Waals surface area contributed by atoms with Crippen molar-refractivity contribution in [3.05, 3.63) is 58.4 Å². The highest BCUT2D eigenvalue weighted by molar-refractivity contribution is 6.34. The second-order valence-electron chi connectivity index (χ2n) is 6.74. The molecule has 1 saturated carbocycles. The Morgan fingerprint density at radius 3 is 2.59 bits per heavy atom. The summed E-state index contributed by atoms with van der Waals surface area (Å²) in [5.74, 6) is -1.38. The number of carbonyl (C=O) groups excluding carboxylic acids is 2. The molecule has 0 radical (unpaired) electrons. The lowest BCUT2D eigenvalue weighted by Gasteiger charge is -2.18. The van der Waals surface area contributed by atoms with Gasteiger partial charge in [-0.1, -0.05) is 35.9 Å². The van der Waals surface area contributed by atoms with Crippen LogP contribution in [0.4, 0.5) is 4.39 Å². The number of benzene rings is 2. The van der Waals surface area contributed by atoms with Gasteiger partial charge in [-0.05, 0) is 43.0 Å². The van der Waals surface area contributed by atoms with Gasteiger partial charge in [0.2, 0.25) is 5.91 Å². The first kappa shape index (κ1) is 19.3. The molecule has 1 aliphatic rings. The molecule has 2 aromatic rings. The minimum Gasteiger partial charge on any atom is -0.465 e. The summed E-state index contributed by atoms with van der Waals surface area (Å²) < 4.78 is 19.5. The molecule has 1 atom stereocenters. The van der Waals surface area contributed by atoms with Crippen molar-refractivity contribution in [2.45, 2.75) is 31.3 Å². The average molecular weight is 391 g/mol. The molecule has 1 amide bonds. The van der Waals surface area contributed by atoms with Gasteiger partial charge in [-0.2, -0.15) is 0 Å². The van der Waals surface area contributed by atoms with Gasteiger partial charge < -0.3 is 15.8 Å². The number of nitrogens with two attached hydrogens (primary N) is 1. The van der Waals surface area contributed by atoms with E-state index < -0.39 is 23.4 Å². The van der Waals surface area contributed by atoms with Crippen LogP contribution in [0.2, 0.25) is 5.02 Å². The van der Waals surface area contributed by atoms with Gasteiger partial charge in [-0.15, -0.1) is 0 Å². The van der Waals surface area contributed by atoms with Crippen LogP contribution in [0.15, 0.2) is 36.4 Å². The molecule has 3 rings (SSSR count). The molecule has 2 aromatic carbocycles. The van der Waals surface area contributed by atoms with Gasteiger partial charge in [0.15, 0.2) is 0 Å². The molecule has 0 aliphatic heterocycles. The minimum absolute atomic E-state index is 0.175. The van der Waals surface area contributed by atoms with E-state index in [0.29, 0.717) is 29.5 Å². The third kappa shape index (κ3) is 3.82. The van der Waals surface area contributed by atoms with Crippen molar-refractivity contribution >= 4 is 23.5 Å². The summed E-state index contributed by atoms with van der Waals surface area (Å²) in [6, 6.07) is 8.94. The van der Waals surface area contributed by atoms with Crippen LogP contribution in [0.5, 0.6) is 0 Å². The smallest absolute Gasteiger partial charge is 0.340 e. The van der Waals surface area contributed by atoms with Crippen LogP contribution in [0, 0.1) is 5.82 Å². The van der Waals surface area contributed by atoms with Crippen LogP contribution in [-0.2, 0) is 9.53 Å². The maximum absolute atomic E-state index is 14.7. The number of rotatable bonds is 5. The molecular weight excluding hydrogens is 371 g/mol. The zero-order valence-corrected chi connectivity index (χ0v) is 15.8. The van der Waals surface area contributed by atoms with E-state index in [0.717, 1.165) is 0 Å². The van der Waals surface area contributed by atoms with Crippen molar-refractivity contribution in [3.63, 3.8) is 0 Å². The third-order valence-corrected chi connectivity index (χ3v) is 5.08. The lowest BCUT2D eigenvalue weighted by molar-refractivity contribution is -0.123. The average Bonchev–Trinajstić information content (AvgIpc) is 3.39. The Bertz CT molecular complexity index is 912. The summed E-state index contributed by atoms with van der Waals surface area (Å²) in [6.07, 6.45) is 1.27. The van der Waals surface area contributed by atoms with Crippen LogP contribution in [-0.4, -0.2) is 24.5 Å². The van der Waals surface area contributed by atoms with Gasteiger partial charge >= 0.3 is 5.97 Å². The number of nitrogens with one attached hydrogen (secondary N) is 1. The van der Waals surface area contributed by atoms with Crippen molar-refractivity contribution in [2.75, 3.05) is 7.11 Å². The quantitative estimate of drug-likeness (QED) is 0.764. The fourth-order valence-corrected chi connectivity index (χ4v) is 3.15. The summed E-state index contributed by atoms with van der Waals surface area (Å²) in [5.41, 5.74) is 6.50. The van der Waals surface area contributed by atoms with E-state index in [1.54, 1.807) is 37.3 Å². The lowest BCUT2D eigenvalue weighted by atomic mass is 9.96. The Kier molecular flexibility index (Phi) is 5.22. The van der Waals surface area contributed by atoms with Gasteiger partial charge in [-0.25, -0.2) is 9.18 Å². The van der Waals surface area contributed by atoms with Crippen LogP contribution < -0.4 is 11.1 Å². The molecule has 0 aromatic heterocycles. The van der Waals surface area contributed by atoms with E-state index >= 15 is 0 Å². The molecule has 7 heteroatoms. The molecule has 0 saturated heterocycles. The van der Waals surface area contributed by atoms with E-state index in [1.165, 1.54) is 13.2 Å². The molecule has 1 aliphatic carbocycles. The molecule has 0 unspecified atom stereocenters. The molecule has 0 spiro atoms. The first-order valence-corrected chi connectivity index (χ1v) is 8.91. The van der Waals surface area contributed by atoms with Gasteiger partial charge in [-0.3, -0.25) is 4.79 Å². The second kappa shape index (κ2) is 7.29. The number of hydrogen-bond acceptors (Lipinski definition) is 4. The van der Waals surface area contributed by atoms with E-state index in [9.17, 15) is 14.0 Å². The highest BCUT2D eigenvalue weighted by Crippen LogP contribution is 2.34. The topological polar surface area (TPSA) is 81.4 Å². The first-order valence-electron chi connectivity index (χ1n) is 8.53. The monoisotopic (exact) mass is 390 g/mol. The van der Waals surface area contributed by atoms with Gasteiger partial charge in [0, 0.05) is 5.56 Å². The number of hydrogen-bond donors (Lipinski definition) is 2. The Labute approximate surface area is 161 Å². The van der Waals surface area contributed by atoms with E-state index in [1.807, 2.05) is 0 Å². The van der Waals surface area contributed by atoms with Crippen molar-refractivity contribution in [1.29, 1.82) is 0 Å². The standard InChI is InChI=1S/C20H20ClFN2O3/c1-11(24-19(26)20(23)8-9-20)13-7-6-12(10-16(13)22)14-4-3-5-15(21)17(14)18(25)27-2/h3-7,10-11H,8-9,23H2,1-2H3,(H,24,26)/t11-/m1/s1. The third-order valence-electron chi connectivity index (χ3n) is 4.77. The van der Waals surface area contributed by atoms with Crippen LogP contribution >= 0.6 is 11.6 Å². The molecule has 3 N–H and O–H groups in total. The SMILES string of the molecule is COC(=O)c1c(Cl)cccc1-c1ccc([C@@H](C)NC(=O)C2(N)CC2)c(F)c1. The molecule has 142 valence electrons. The fraction of sp³-hybridized carbons (Fsp3) is 0.300. The van der Waals surface area contributed by atoms with E-state index in [-0.39, 0.29) is 16.5 Å². The highest BCUT2D eigenvalue weighted by atomic mass is 35.5. The van der Waals surface area contributed by atoms with E-state index in [4.69, 9.17) is 22.1 Å². The predicted octanol–water partition coefficient (Wildman–Crippen LogP) is 3.60. The number of halogens is 2. The lowest BCUT2D eigenvalue weighted by Crippen LogP contribution is -2.43.